The summed E-state index contributed by atoms with van der Waals surface area (Å²) in [4.78, 5) is 26.0. The number of para-hydroxylation sites is 1. The van der Waals surface area contributed by atoms with Crippen LogP contribution in [-0.4, -0.2) is 43.7 Å². The normalized spacial score (nSPS) is 17.6. The fourth-order valence-electron chi connectivity index (χ4n) is 3.79. The van der Waals surface area contributed by atoms with Crippen molar-refractivity contribution >= 4 is 16.9 Å². The number of hydrogen-bond acceptors (Lipinski definition) is 7. The Hall–Kier alpha value is -3.53. The van der Waals surface area contributed by atoms with Crippen molar-refractivity contribution in [3.63, 3.8) is 0 Å². The number of nitrogens with one attached hydrogen (secondary N) is 1. The van der Waals surface area contributed by atoms with Crippen molar-refractivity contribution in [2.75, 3.05) is 26.4 Å². The molecule has 0 saturated carbocycles. The molecule has 0 unspecified atom stereocenters. The molecule has 0 aliphatic carbocycles. The smallest absolute Gasteiger partial charge is 0.286 e. The van der Waals surface area contributed by atoms with Crippen LogP contribution in [0.1, 0.15) is 23.5 Å². The van der Waals surface area contributed by atoms with Gasteiger partial charge in [-0.2, -0.15) is 0 Å². The molecule has 2 N–H and O–H groups in total. The van der Waals surface area contributed by atoms with Crippen LogP contribution in [0.15, 0.2) is 75.8 Å². The molecule has 2 atom stereocenters. The van der Waals surface area contributed by atoms with Crippen molar-refractivity contribution < 1.29 is 32.9 Å². The zero-order chi connectivity index (χ0) is 24.6. The summed E-state index contributed by atoms with van der Waals surface area (Å²) in [5.74, 6) is -1.54. The maximum atomic E-state index is 13.9. The van der Waals surface area contributed by atoms with E-state index in [1.54, 1.807) is 48.5 Å². The molecule has 0 fully saturated rings. The molecule has 4 rings (SSSR count). The van der Waals surface area contributed by atoms with E-state index in [2.05, 4.69) is 5.32 Å². The first-order valence-electron chi connectivity index (χ1n) is 11.3. The zero-order valence-electron chi connectivity index (χ0n) is 18.9. The van der Waals surface area contributed by atoms with Crippen molar-refractivity contribution in [1.82, 2.24) is 5.32 Å². The maximum Gasteiger partial charge on any atom is 0.286 e. The largest absolute Gasteiger partial charge is 0.464 e. The Morgan fingerprint density at radius 3 is 2.74 bits per heavy atom. The number of hydrogen-bond donors (Lipinski definition) is 2. The molecule has 0 bridgehead atoms. The predicted molar refractivity (Wildman–Crippen MR) is 125 cm³/mol. The average molecular weight is 483 g/mol. The molecule has 1 aromatic heterocycles. The Morgan fingerprint density at radius 2 is 1.91 bits per heavy atom. The topological polar surface area (TPSA) is 107 Å². The molecule has 0 saturated heterocycles. The number of aliphatic hydroxyl groups excluding tert-OH is 1. The summed E-state index contributed by atoms with van der Waals surface area (Å²) in [7, 11) is 0. The summed E-state index contributed by atoms with van der Waals surface area (Å²) >= 11 is 0. The van der Waals surface area contributed by atoms with Gasteiger partial charge in [-0.25, -0.2) is 4.39 Å². The molecule has 184 valence electrons. The minimum Gasteiger partial charge on any atom is -0.464 e. The lowest BCUT2D eigenvalue weighted by atomic mass is 9.93. The Balaban J connectivity index is 1.55. The molecule has 0 spiro atoms. The molecule has 8 nitrogen and oxygen atoms in total. The molecule has 0 radical (unpaired) electrons. The van der Waals surface area contributed by atoms with Gasteiger partial charge in [-0.3, -0.25) is 9.59 Å². The van der Waals surface area contributed by atoms with Gasteiger partial charge in [0.1, 0.15) is 11.4 Å². The SMILES string of the molecule is O=C(NCc1ccccc1F)C1=C[C@H](c2coc3ccccc3c2=O)C[C@H](OCCOCCO)O1. The molecule has 1 amide bonds. The lowest BCUT2D eigenvalue weighted by Crippen LogP contribution is -2.34. The molecule has 2 aromatic carbocycles. The van der Waals surface area contributed by atoms with Gasteiger partial charge in [0.15, 0.2) is 11.2 Å². The van der Waals surface area contributed by atoms with Gasteiger partial charge >= 0.3 is 0 Å². The fourth-order valence-corrected chi connectivity index (χ4v) is 3.79. The van der Waals surface area contributed by atoms with Gasteiger partial charge in [-0.15, -0.1) is 0 Å². The number of halogens is 1. The molecule has 3 aromatic rings. The summed E-state index contributed by atoms with van der Waals surface area (Å²) in [6.07, 6.45) is 2.39. The Bertz CT molecular complexity index is 1260. The lowest BCUT2D eigenvalue weighted by Gasteiger charge is -2.29. The van der Waals surface area contributed by atoms with Crippen LogP contribution in [-0.2, 0) is 25.5 Å². The van der Waals surface area contributed by atoms with E-state index in [4.69, 9.17) is 23.7 Å². The second-order valence-corrected chi connectivity index (χ2v) is 7.92. The van der Waals surface area contributed by atoms with Crippen LogP contribution in [0.2, 0.25) is 0 Å². The quantitative estimate of drug-likeness (QED) is 0.427. The highest BCUT2D eigenvalue weighted by atomic mass is 19.1. The molecular weight excluding hydrogens is 457 g/mol. The van der Waals surface area contributed by atoms with Gasteiger partial charge in [0.2, 0.25) is 6.29 Å². The first kappa shape index (κ1) is 24.6. The van der Waals surface area contributed by atoms with Gasteiger partial charge in [-0.05, 0) is 24.3 Å². The molecular formula is C26H26FNO7. The number of allylic oxidation sites excluding steroid dienone is 1. The standard InChI is InChI=1S/C26H26FNO7/c27-21-7-3-1-5-17(21)15-28-26(31)23-13-18(14-24(35-23)33-12-11-32-10-9-29)20-16-34-22-8-4-2-6-19(22)25(20)30/h1-8,13,16,18,24,29H,9-12,14-15H2,(H,28,31)/t18-,24+/m0/s1. The van der Waals surface area contributed by atoms with Crippen LogP contribution in [0.25, 0.3) is 11.0 Å². The van der Waals surface area contributed by atoms with Crippen LogP contribution < -0.4 is 10.7 Å². The number of rotatable bonds is 10. The zero-order valence-corrected chi connectivity index (χ0v) is 18.9. The van der Waals surface area contributed by atoms with Crippen LogP contribution in [0.5, 0.6) is 0 Å². The third kappa shape index (κ3) is 6.13. The van der Waals surface area contributed by atoms with E-state index in [1.165, 1.54) is 12.3 Å². The van der Waals surface area contributed by atoms with Crippen LogP contribution >= 0.6 is 0 Å². The molecule has 9 heteroatoms. The van der Waals surface area contributed by atoms with Crippen LogP contribution in [0.4, 0.5) is 4.39 Å². The van der Waals surface area contributed by atoms with E-state index in [1.807, 2.05) is 0 Å². The Kier molecular flexibility index (Phi) is 8.25. The monoisotopic (exact) mass is 483 g/mol. The van der Waals surface area contributed by atoms with E-state index >= 15 is 0 Å². The van der Waals surface area contributed by atoms with Gasteiger partial charge in [0, 0.05) is 30.0 Å². The Morgan fingerprint density at radius 1 is 1.11 bits per heavy atom. The Labute approximate surface area is 200 Å². The number of amides is 1. The minimum absolute atomic E-state index is 0.0322. The molecule has 1 aliphatic rings. The molecule has 35 heavy (non-hydrogen) atoms. The summed E-state index contributed by atoms with van der Waals surface area (Å²) in [6, 6.07) is 13.1. The minimum atomic E-state index is -0.831. The van der Waals surface area contributed by atoms with Gasteiger partial charge in [0.25, 0.3) is 5.91 Å². The van der Waals surface area contributed by atoms with Crippen molar-refractivity contribution in [3.05, 3.63) is 93.8 Å². The second kappa shape index (κ2) is 11.7. The predicted octanol–water partition coefficient (Wildman–Crippen LogP) is 2.99. The highest BCUT2D eigenvalue weighted by Gasteiger charge is 2.30. The summed E-state index contributed by atoms with van der Waals surface area (Å²) in [5, 5.41) is 11.9. The second-order valence-electron chi connectivity index (χ2n) is 7.92. The fraction of sp³-hybridized carbons (Fsp3) is 0.308. The summed E-state index contributed by atoms with van der Waals surface area (Å²) in [6.45, 7) is 0.430. The first-order chi connectivity index (χ1) is 17.1. The number of fused-ring (bicyclic) bond motifs is 1. The van der Waals surface area contributed by atoms with Crippen molar-refractivity contribution in [3.8, 4) is 0 Å². The number of benzene rings is 2. The van der Waals surface area contributed by atoms with Crippen LogP contribution in [0.3, 0.4) is 0 Å². The van der Waals surface area contributed by atoms with E-state index in [-0.39, 0.29) is 50.6 Å². The highest BCUT2D eigenvalue weighted by Crippen LogP contribution is 2.31. The van der Waals surface area contributed by atoms with E-state index in [9.17, 15) is 14.0 Å². The number of ether oxygens (including phenoxy) is 3. The van der Waals surface area contributed by atoms with Gasteiger partial charge in [-0.1, -0.05) is 30.3 Å². The van der Waals surface area contributed by atoms with Crippen molar-refractivity contribution in [2.24, 2.45) is 0 Å². The maximum absolute atomic E-state index is 13.9. The van der Waals surface area contributed by atoms with E-state index in [0.29, 0.717) is 22.1 Å². The number of carbonyl (C=O) groups excluding carboxylic acids is 1. The lowest BCUT2D eigenvalue weighted by molar-refractivity contribution is -0.151. The van der Waals surface area contributed by atoms with Crippen molar-refractivity contribution in [2.45, 2.75) is 25.2 Å². The van der Waals surface area contributed by atoms with Gasteiger partial charge < -0.3 is 29.1 Å². The number of aliphatic hydroxyl groups is 1. The van der Waals surface area contributed by atoms with Gasteiger partial charge in [0.05, 0.1) is 38.1 Å². The van der Waals surface area contributed by atoms with Crippen molar-refractivity contribution in [1.29, 1.82) is 0 Å². The van der Waals surface area contributed by atoms with E-state index in [0.717, 1.165) is 0 Å². The molecule has 1 aliphatic heterocycles. The first-order valence-corrected chi connectivity index (χ1v) is 11.3. The average Bonchev–Trinajstić information content (AvgIpc) is 2.88. The third-order valence-corrected chi connectivity index (χ3v) is 5.55. The summed E-state index contributed by atoms with van der Waals surface area (Å²) < 4.78 is 36.3. The third-order valence-electron chi connectivity index (χ3n) is 5.55. The number of carbonyl (C=O) groups is 1. The molecule has 2 heterocycles. The van der Waals surface area contributed by atoms with Crippen LogP contribution in [0, 0.1) is 5.82 Å². The van der Waals surface area contributed by atoms with E-state index < -0.39 is 23.9 Å². The highest BCUT2D eigenvalue weighted by molar-refractivity contribution is 5.91. The summed E-state index contributed by atoms with van der Waals surface area (Å²) in [5.41, 5.74) is 0.967.